The molecule has 0 amide bonds. The topological polar surface area (TPSA) is 30.5 Å². The van der Waals surface area contributed by atoms with E-state index in [0.29, 0.717) is 5.75 Å². The first-order valence-corrected chi connectivity index (χ1v) is 6.06. The fraction of sp³-hybridized carbons (Fsp3) is 0.385. The van der Waals surface area contributed by atoms with Crippen LogP contribution in [0.5, 0.6) is 11.5 Å². The molecule has 92 valence electrons. The zero-order chi connectivity index (χ0) is 12.7. The third kappa shape index (κ3) is 3.95. The van der Waals surface area contributed by atoms with Crippen LogP contribution in [0.3, 0.4) is 0 Å². The molecule has 1 rings (SSSR count). The Morgan fingerprint density at radius 2 is 2.12 bits per heavy atom. The standard InChI is InChI=1S/C13H16BrNO2/c1-4-5-6-15-9-10-7-11(14)13(17-3)12(8-10)16-2/h1,7-8,15H,5-6,9H2,2-3H3. The summed E-state index contributed by atoms with van der Waals surface area (Å²) in [6, 6.07) is 3.96. The van der Waals surface area contributed by atoms with E-state index in [2.05, 4.69) is 27.2 Å². The lowest BCUT2D eigenvalue weighted by molar-refractivity contribution is 0.352. The Kier molecular flexibility index (Phi) is 5.88. The Morgan fingerprint density at radius 1 is 1.35 bits per heavy atom. The maximum absolute atomic E-state index is 5.27. The minimum absolute atomic E-state index is 0.708. The summed E-state index contributed by atoms with van der Waals surface area (Å²) >= 11 is 3.46. The van der Waals surface area contributed by atoms with Gasteiger partial charge >= 0.3 is 0 Å². The fourth-order valence-electron chi connectivity index (χ4n) is 1.47. The van der Waals surface area contributed by atoms with Gasteiger partial charge in [-0.1, -0.05) is 0 Å². The molecule has 17 heavy (non-hydrogen) atoms. The molecule has 0 heterocycles. The molecular weight excluding hydrogens is 282 g/mol. The van der Waals surface area contributed by atoms with Gasteiger partial charge in [-0.25, -0.2) is 0 Å². The van der Waals surface area contributed by atoms with Gasteiger partial charge in [-0.3, -0.25) is 0 Å². The average Bonchev–Trinajstić information content (AvgIpc) is 2.34. The molecule has 0 bridgehead atoms. The molecule has 0 aliphatic rings. The monoisotopic (exact) mass is 297 g/mol. The van der Waals surface area contributed by atoms with Crippen molar-refractivity contribution in [1.29, 1.82) is 0 Å². The van der Waals surface area contributed by atoms with Crippen LogP contribution in [-0.2, 0) is 6.54 Å². The van der Waals surface area contributed by atoms with Crippen molar-refractivity contribution in [2.75, 3.05) is 20.8 Å². The number of terminal acetylenes is 1. The normalized spacial score (nSPS) is 9.76. The smallest absolute Gasteiger partial charge is 0.174 e. The lowest BCUT2D eigenvalue weighted by Gasteiger charge is -2.12. The molecule has 0 aliphatic carbocycles. The second kappa shape index (κ2) is 7.21. The van der Waals surface area contributed by atoms with Crippen molar-refractivity contribution in [2.45, 2.75) is 13.0 Å². The van der Waals surface area contributed by atoms with Gasteiger partial charge in [0.15, 0.2) is 11.5 Å². The lowest BCUT2D eigenvalue weighted by Crippen LogP contribution is -2.14. The van der Waals surface area contributed by atoms with Crippen LogP contribution >= 0.6 is 15.9 Å². The Hall–Kier alpha value is -1.18. The van der Waals surface area contributed by atoms with E-state index < -0.39 is 0 Å². The molecule has 4 heteroatoms. The van der Waals surface area contributed by atoms with Crippen LogP contribution in [0.2, 0.25) is 0 Å². The number of methoxy groups -OCH3 is 2. The van der Waals surface area contributed by atoms with Crippen LogP contribution in [0, 0.1) is 12.3 Å². The van der Waals surface area contributed by atoms with E-state index in [9.17, 15) is 0 Å². The molecule has 0 saturated carbocycles. The van der Waals surface area contributed by atoms with Crippen molar-refractivity contribution in [3.63, 3.8) is 0 Å². The van der Waals surface area contributed by atoms with Crippen LogP contribution < -0.4 is 14.8 Å². The number of rotatable bonds is 6. The number of hydrogen-bond donors (Lipinski definition) is 1. The highest BCUT2D eigenvalue weighted by molar-refractivity contribution is 9.10. The highest BCUT2D eigenvalue weighted by atomic mass is 79.9. The van der Waals surface area contributed by atoms with Crippen LogP contribution in [0.25, 0.3) is 0 Å². The number of ether oxygens (including phenoxy) is 2. The van der Waals surface area contributed by atoms with Crippen molar-refractivity contribution in [2.24, 2.45) is 0 Å². The van der Waals surface area contributed by atoms with Gasteiger partial charge < -0.3 is 14.8 Å². The predicted molar refractivity (Wildman–Crippen MR) is 72.4 cm³/mol. The fourth-order valence-corrected chi connectivity index (χ4v) is 2.12. The largest absolute Gasteiger partial charge is 0.493 e. The minimum atomic E-state index is 0.708. The maximum atomic E-state index is 5.27. The van der Waals surface area contributed by atoms with Crippen LogP contribution in [0.1, 0.15) is 12.0 Å². The first-order valence-electron chi connectivity index (χ1n) is 5.27. The quantitative estimate of drug-likeness (QED) is 0.647. The zero-order valence-electron chi connectivity index (χ0n) is 10.0. The average molecular weight is 298 g/mol. The third-order valence-electron chi connectivity index (χ3n) is 2.27. The molecule has 0 spiro atoms. The molecule has 1 aromatic rings. The first-order chi connectivity index (χ1) is 8.22. The van der Waals surface area contributed by atoms with Crippen LogP contribution in [0.15, 0.2) is 16.6 Å². The summed E-state index contributed by atoms with van der Waals surface area (Å²) in [6.45, 7) is 1.56. The first kappa shape index (κ1) is 13.9. The summed E-state index contributed by atoms with van der Waals surface area (Å²) in [5.74, 6) is 4.02. The summed E-state index contributed by atoms with van der Waals surface area (Å²) in [5, 5.41) is 3.26. The van der Waals surface area contributed by atoms with Gasteiger partial charge in [0.1, 0.15) is 0 Å². The van der Waals surface area contributed by atoms with Crippen molar-refractivity contribution in [1.82, 2.24) is 5.32 Å². The van der Waals surface area contributed by atoms with Gasteiger partial charge in [0.05, 0.1) is 18.7 Å². The summed E-state index contributed by atoms with van der Waals surface area (Å²) in [5.41, 5.74) is 1.12. The van der Waals surface area contributed by atoms with E-state index in [1.807, 2.05) is 12.1 Å². The highest BCUT2D eigenvalue weighted by Gasteiger charge is 2.09. The molecule has 0 saturated heterocycles. The molecule has 0 radical (unpaired) electrons. The summed E-state index contributed by atoms with van der Waals surface area (Å²) in [4.78, 5) is 0. The Labute approximate surface area is 111 Å². The van der Waals surface area contributed by atoms with Gasteiger partial charge in [0, 0.05) is 19.5 Å². The number of halogens is 1. The lowest BCUT2D eigenvalue weighted by atomic mass is 10.2. The predicted octanol–water partition coefficient (Wildman–Crippen LogP) is 2.58. The minimum Gasteiger partial charge on any atom is -0.493 e. The number of benzene rings is 1. The van der Waals surface area contributed by atoms with Gasteiger partial charge in [0.2, 0.25) is 0 Å². The second-order valence-corrected chi connectivity index (χ2v) is 4.30. The van der Waals surface area contributed by atoms with Crippen LogP contribution in [-0.4, -0.2) is 20.8 Å². The van der Waals surface area contributed by atoms with Crippen molar-refractivity contribution < 1.29 is 9.47 Å². The molecule has 0 atom stereocenters. The molecule has 0 aromatic heterocycles. The van der Waals surface area contributed by atoms with Crippen LogP contribution in [0.4, 0.5) is 0 Å². The number of nitrogens with one attached hydrogen (secondary N) is 1. The molecular formula is C13H16BrNO2. The van der Waals surface area contributed by atoms with E-state index in [-0.39, 0.29) is 0 Å². The molecule has 0 aliphatic heterocycles. The summed E-state index contributed by atoms with van der Waals surface area (Å²) in [7, 11) is 3.24. The van der Waals surface area contributed by atoms with Crippen molar-refractivity contribution in [3.05, 3.63) is 22.2 Å². The van der Waals surface area contributed by atoms with Gasteiger partial charge in [-0.15, -0.1) is 12.3 Å². The van der Waals surface area contributed by atoms with E-state index in [4.69, 9.17) is 15.9 Å². The van der Waals surface area contributed by atoms with Gasteiger partial charge in [-0.05, 0) is 33.6 Å². The van der Waals surface area contributed by atoms with Gasteiger partial charge in [0.25, 0.3) is 0 Å². The number of hydrogen-bond acceptors (Lipinski definition) is 3. The summed E-state index contributed by atoms with van der Waals surface area (Å²) < 4.78 is 11.4. The highest BCUT2D eigenvalue weighted by Crippen LogP contribution is 2.36. The van der Waals surface area contributed by atoms with E-state index in [1.54, 1.807) is 14.2 Å². The molecule has 0 fully saturated rings. The Balaban J connectivity index is 2.74. The second-order valence-electron chi connectivity index (χ2n) is 3.44. The van der Waals surface area contributed by atoms with Gasteiger partial charge in [-0.2, -0.15) is 0 Å². The van der Waals surface area contributed by atoms with E-state index in [0.717, 1.165) is 35.3 Å². The zero-order valence-corrected chi connectivity index (χ0v) is 11.6. The molecule has 1 aromatic carbocycles. The van der Waals surface area contributed by atoms with E-state index in [1.165, 1.54) is 0 Å². The molecule has 3 nitrogen and oxygen atoms in total. The Morgan fingerprint density at radius 3 is 2.71 bits per heavy atom. The molecule has 1 N–H and O–H groups in total. The third-order valence-corrected chi connectivity index (χ3v) is 2.86. The SMILES string of the molecule is C#CCCNCc1cc(Br)c(OC)c(OC)c1. The summed E-state index contributed by atoms with van der Waals surface area (Å²) in [6.07, 6.45) is 5.91. The maximum Gasteiger partial charge on any atom is 0.174 e. The van der Waals surface area contributed by atoms with Crippen molar-refractivity contribution >= 4 is 15.9 Å². The van der Waals surface area contributed by atoms with Crippen molar-refractivity contribution in [3.8, 4) is 23.8 Å². The molecule has 0 unspecified atom stereocenters. The van der Waals surface area contributed by atoms with E-state index >= 15 is 0 Å². The Bertz CT molecular complexity index is 413.